The molecule has 1 aliphatic heterocycles. The zero-order chi connectivity index (χ0) is 14.1. The number of amides is 2. The summed E-state index contributed by atoms with van der Waals surface area (Å²) in [5, 5.41) is 2.82. The highest BCUT2D eigenvalue weighted by Gasteiger charge is 2.25. The van der Waals surface area contributed by atoms with Gasteiger partial charge in [0.05, 0.1) is 12.2 Å². The fourth-order valence-electron chi connectivity index (χ4n) is 2.23. The van der Waals surface area contributed by atoms with E-state index >= 15 is 0 Å². The number of anilines is 1. The van der Waals surface area contributed by atoms with Gasteiger partial charge in [-0.25, -0.2) is 9.18 Å². The van der Waals surface area contributed by atoms with E-state index < -0.39 is 0 Å². The standard InChI is InChI=1S/C16H13FN2O/c1-11-14-4-2-3-5-15(14)18-16(20)19(11)10-12-6-8-13(17)9-7-12/h2-9H,1,10H2,(H,18,20). The molecule has 0 bridgehead atoms. The Morgan fingerprint density at radius 3 is 2.55 bits per heavy atom. The van der Waals surface area contributed by atoms with E-state index in [4.69, 9.17) is 0 Å². The lowest BCUT2D eigenvalue weighted by Crippen LogP contribution is -2.36. The second-order valence-corrected chi connectivity index (χ2v) is 4.64. The van der Waals surface area contributed by atoms with Crippen LogP contribution in [0.15, 0.2) is 55.1 Å². The monoisotopic (exact) mass is 268 g/mol. The van der Waals surface area contributed by atoms with Crippen molar-refractivity contribution in [3.8, 4) is 0 Å². The number of hydrogen-bond donors (Lipinski definition) is 1. The number of para-hydroxylation sites is 1. The molecule has 1 N–H and O–H groups in total. The molecule has 0 atom stereocenters. The van der Waals surface area contributed by atoms with Crippen LogP contribution in [0.5, 0.6) is 0 Å². The first-order valence-corrected chi connectivity index (χ1v) is 6.26. The predicted octanol–water partition coefficient (Wildman–Crippen LogP) is 3.84. The lowest BCUT2D eigenvalue weighted by Gasteiger charge is -2.31. The van der Waals surface area contributed by atoms with Crippen molar-refractivity contribution in [2.75, 3.05) is 5.32 Å². The molecule has 100 valence electrons. The van der Waals surface area contributed by atoms with Crippen LogP contribution in [0.1, 0.15) is 11.1 Å². The maximum absolute atomic E-state index is 12.9. The maximum Gasteiger partial charge on any atom is 0.326 e. The first-order chi connectivity index (χ1) is 9.65. The van der Waals surface area contributed by atoms with Crippen LogP contribution in [-0.2, 0) is 6.54 Å². The second-order valence-electron chi connectivity index (χ2n) is 4.64. The molecule has 4 heteroatoms. The third kappa shape index (κ3) is 2.16. The highest BCUT2D eigenvalue weighted by atomic mass is 19.1. The Morgan fingerprint density at radius 2 is 1.80 bits per heavy atom. The average Bonchev–Trinajstić information content (AvgIpc) is 2.45. The van der Waals surface area contributed by atoms with E-state index in [-0.39, 0.29) is 11.8 Å². The molecule has 0 aromatic heterocycles. The number of nitrogens with one attached hydrogen (secondary N) is 1. The molecule has 1 heterocycles. The van der Waals surface area contributed by atoms with Gasteiger partial charge in [-0.15, -0.1) is 0 Å². The zero-order valence-corrected chi connectivity index (χ0v) is 10.8. The summed E-state index contributed by atoms with van der Waals surface area (Å²) in [6, 6.07) is 13.4. The van der Waals surface area contributed by atoms with E-state index in [0.29, 0.717) is 12.2 Å². The number of urea groups is 1. The van der Waals surface area contributed by atoms with Gasteiger partial charge >= 0.3 is 6.03 Å². The Balaban J connectivity index is 1.89. The number of nitrogens with zero attached hydrogens (tertiary/aromatic N) is 1. The van der Waals surface area contributed by atoms with Crippen LogP contribution in [0, 0.1) is 5.82 Å². The summed E-state index contributed by atoms with van der Waals surface area (Å²) >= 11 is 0. The SMILES string of the molecule is C=C1c2ccccc2NC(=O)N1Cc1ccc(F)cc1. The minimum Gasteiger partial charge on any atom is -0.307 e. The van der Waals surface area contributed by atoms with E-state index in [2.05, 4.69) is 11.9 Å². The number of rotatable bonds is 2. The third-order valence-electron chi connectivity index (χ3n) is 3.30. The Hall–Kier alpha value is -2.62. The quantitative estimate of drug-likeness (QED) is 0.881. The van der Waals surface area contributed by atoms with Crippen molar-refractivity contribution in [1.29, 1.82) is 0 Å². The predicted molar refractivity (Wildman–Crippen MR) is 76.4 cm³/mol. The van der Waals surface area contributed by atoms with Crippen molar-refractivity contribution in [1.82, 2.24) is 4.90 Å². The van der Waals surface area contributed by atoms with E-state index in [1.165, 1.54) is 12.1 Å². The molecular formula is C16H13FN2O. The van der Waals surface area contributed by atoms with Crippen LogP contribution in [0.25, 0.3) is 5.70 Å². The number of hydrogen-bond acceptors (Lipinski definition) is 1. The summed E-state index contributed by atoms with van der Waals surface area (Å²) in [7, 11) is 0. The molecular weight excluding hydrogens is 255 g/mol. The Kier molecular flexibility index (Phi) is 2.99. The number of carbonyl (C=O) groups is 1. The molecule has 0 saturated heterocycles. The largest absolute Gasteiger partial charge is 0.326 e. The molecule has 2 aromatic carbocycles. The van der Waals surface area contributed by atoms with Gasteiger partial charge in [-0.05, 0) is 23.8 Å². The molecule has 3 nitrogen and oxygen atoms in total. The average molecular weight is 268 g/mol. The van der Waals surface area contributed by atoms with E-state index in [0.717, 1.165) is 16.8 Å². The van der Waals surface area contributed by atoms with E-state index in [1.807, 2.05) is 24.3 Å². The van der Waals surface area contributed by atoms with Crippen LogP contribution in [0.2, 0.25) is 0 Å². The van der Waals surface area contributed by atoms with Gasteiger partial charge in [0.2, 0.25) is 0 Å². The summed E-state index contributed by atoms with van der Waals surface area (Å²) in [6.45, 7) is 4.35. The Morgan fingerprint density at radius 1 is 1.10 bits per heavy atom. The van der Waals surface area contributed by atoms with Crippen molar-refractivity contribution >= 4 is 17.4 Å². The lowest BCUT2D eigenvalue weighted by atomic mass is 10.1. The van der Waals surface area contributed by atoms with Crippen molar-refractivity contribution < 1.29 is 9.18 Å². The molecule has 2 aromatic rings. The minimum absolute atomic E-state index is 0.224. The highest BCUT2D eigenvalue weighted by Crippen LogP contribution is 2.31. The Labute approximate surface area is 116 Å². The summed E-state index contributed by atoms with van der Waals surface area (Å²) < 4.78 is 12.9. The van der Waals surface area contributed by atoms with Gasteiger partial charge in [-0.1, -0.05) is 36.9 Å². The lowest BCUT2D eigenvalue weighted by molar-refractivity contribution is 0.229. The van der Waals surface area contributed by atoms with Gasteiger partial charge in [-0.2, -0.15) is 0 Å². The zero-order valence-electron chi connectivity index (χ0n) is 10.8. The number of carbonyl (C=O) groups excluding carboxylic acids is 1. The van der Waals surface area contributed by atoms with Gasteiger partial charge < -0.3 is 5.32 Å². The van der Waals surface area contributed by atoms with E-state index in [1.54, 1.807) is 17.0 Å². The van der Waals surface area contributed by atoms with Crippen LogP contribution >= 0.6 is 0 Å². The first-order valence-electron chi connectivity index (χ1n) is 6.26. The van der Waals surface area contributed by atoms with Gasteiger partial charge in [-0.3, -0.25) is 4.90 Å². The molecule has 1 aliphatic rings. The molecule has 0 spiro atoms. The molecule has 0 fully saturated rings. The fraction of sp³-hybridized carbons (Fsp3) is 0.0625. The minimum atomic E-state index is -0.291. The van der Waals surface area contributed by atoms with Gasteiger partial charge in [0.15, 0.2) is 0 Å². The van der Waals surface area contributed by atoms with Gasteiger partial charge in [0.25, 0.3) is 0 Å². The topological polar surface area (TPSA) is 32.3 Å². The van der Waals surface area contributed by atoms with Crippen LogP contribution in [0.4, 0.5) is 14.9 Å². The molecule has 20 heavy (non-hydrogen) atoms. The highest BCUT2D eigenvalue weighted by molar-refractivity contribution is 6.02. The molecule has 0 radical (unpaired) electrons. The van der Waals surface area contributed by atoms with Crippen molar-refractivity contribution in [3.05, 3.63) is 72.1 Å². The van der Waals surface area contributed by atoms with Crippen LogP contribution in [0.3, 0.4) is 0 Å². The van der Waals surface area contributed by atoms with Crippen molar-refractivity contribution in [3.63, 3.8) is 0 Å². The molecule has 3 rings (SSSR count). The van der Waals surface area contributed by atoms with Crippen molar-refractivity contribution in [2.24, 2.45) is 0 Å². The molecule has 0 aliphatic carbocycles. The van der Waals surface area contributed by atoms with Crippen molar-refractivity contribution in [2.45, 2.75) is 6.54 Å². The number of halogens is 1. The fourth-order valence-corrected chi connectivity index (χ4v) is 2.23. The summed E-state index contributed by atoms with van der Waals surface area (Å²) in [6.07, 6.45) is 0. The molecule has 0 saturated carbocycles. The normalized spacial score (nSPS) is 13.9. The maximum atomic E-state index is 12.9. The van der Waals surface area contributed by atoms with Crippen LogP contribution < -0.4 is 5.32 Å². The van der Waals surface area contributed by atoms with E-state index in [9.17, 15) is 9.18 Å². The smallest absolute Gasteiger partial charge is 0.307 e. The second kappa shape index (κ2) is 4.81. The Bertz CT molecular complexity index is 679. The van der Waals surface area contributed by atoms with Crippen LogP contribution in [-0.4, -0.2) is 10.9 Å². The molecule has 0 unspecified atom stereocenters. The number of fused-ring (bicyclic) bond motifs is 1. The first kappa shape index (κ1) is 12.4. The number of benzene rings is 2. The summed E-state index contributed by atoms with van der Waals surface area (Å²) in [5.41, 5.74) is 3.16. The summed E-state index contributed by atoms with van der Waals surface area (Å²) in [5.74, 6) is -0.291. The molecule has 2 amide bonds. The summed E-state index contributed by atoms with van der Waals surface area (Å²) in [4.78, 5) is 13.7. The van der Waals surface area contributed by atoms with Gasteiger partial charge in [0.1, 0.15) is 5.82 Å². The third-order valence-corrected chi connectivity index (χ3v) is 3.30. The van der Waals surface area contributed by atoms with Gasteiger partial charge in [0, 0.05) is 11.3 Å².